The zero-order valence-corrected chi connectivity index (χ0v) is 16.4. The number of amides is 1. The van der Waals surface area contributed by atoms with Gasteiger partial charge in [0.15, 0.2) is 0 Å². The summed E-state index contributed by atoms with van der Waals surface area (Å²) in [7, 11) is 0. The van der Waals surface area contributed by atoms with Crippen molar-refractivity contribution in [2.75, 3.05) is 6.54 Å². The van der Waals surface area contributed by atoms with Gasteiger partial charge in [-0.15, -0.1) is 0 Å². The summed E-state index contributed by atoms with van der Waals surface area (Å²) in [6.07, 6.45) is 1.44. The number of carboxylic acids is 1. The van der Waals surface area contributed by atoms with Crippen LogP contribution in [0.25, 0.3) is 0 Å². The van der Waals surface area contributed by atoms with E-state index >= 15 is 0 Å². The van der Waals surface area contributed by atoms with Crippen molar-refractivity contribution in [1.29, 1.82) is 0 Å². The number of carbonyl (C=O) groups excluding carboxylic acids is 1. The molecule has 0 fully saturated rings. The predicted molar refractivity (Wildman–Crippen MR) is 108 cm³/mol. The number of benzene rings is 2. The van der Waals surface area contributed by atoms with Crippen LogP contribution in [0.5, 0.6) is 5.75 Å². The first-order valence-electron chi connectivity index (χ1n) is 9.66. The van der Waals surface area contributed by atoms with Crippen molar-refractivity contribution in [3.8, 4) is 5.75 Å². The van der Waals surface area contributed by atoms with E-state index in [0.717, 1.165) is 16.9 Å². The van der Waals surface area contributed by atoms with Crippen LogP contribution in [-0.4, -0.2) is 39.8 Å². The summed E-state index contributed by atoms with van der Waals surface area (Å²) in [5.41, 5.74) is 8.12. The Labute approximate surface area is 170 Å². The Morgan fingerprint density at radius 2 is 1.62 bits per heavy atom. The molecule has 2 aromatic rings. The fourth-order valence-electron chi connectivity index (χ4n) is 2.84. The second kappa shape index (κ2) is 11.8. The minimum Gasteiger partial charge on any atom is -0.489 e. The van der Waals surface area contributed by atoms with Gasteiger partial charge in [0.25, 0.3) is 0 Å². The molecule has 0 heterocycles. The molecule has 156 valence electrons. The van der Waals surface area contributed by atoms with Crippen molar-refractivity contribution >= 4 is 11.9 Å². The summed E-state index contributed by atoms with van der Waals surface area (Å²) in [6, 6.07) is 17.0. The second-order valence-corrected chi connectivity index (χ2v) is 6.96. The number of ether oxygens (including phenoxy) is 1. The molecule has 7 nitrogen and oxygen atoms in total. The summed E-state index contributed by atoms with van der Waals surface area (Å²) < 4.78 is 5.75. The van der Waals surface area contributed by atoms with Crippen LogP contribution in [0.4, 0.5) is 0 Å². The lowest BCUT2D eigenvalue weighted by Crippen LogP contribution is -2.40. The minimum atomic E-state index is -0.892. The van der Waals surface area contributed by atoms with E-state index in [2.05, 4.69) is 0 Å². The standard InChI is InChI=1S/C22H28N2O5/c23-19(15-24(28)21(25)8-4-5-9-22(26)27)14-17-10-12-20(13-11-17)29-16-18-6-2-1-3-7-18/h1-3,6-7,10-13,19,28H,4-5,8-9,14-16,23H2,(H,26,27)/t19-/m0/s1. The molecule has 7 heteroatoms. The molecule has 0 aliphatic carbocycles. The molecule has 2 aromatic carbocycles. The molecular weight excluding hydrogens is 372 g/mol. The van der Waals surface area contributed by atoms with Gasteiger partial charge in [0, 0.05) is 18.9 Å². The molecule has 0 aliphatic rings. The molecule has 0 unspecified atom stereocenters. The van der Waals surface area contributed by atoms with Gasteiger partial charge in [-0.25, -0.2) is 5.06 Å². The molecule has 29 heavy (non-hydrogen) atoms. The molecule has 0 spiro atoms. The smallest absolute Gasteiger partial charge is 0.303 e. The molecule has 1 amide bonds. The number of hydrogen-bond donors (Lipinski definition) is 3. The van der Waals surface area contributed by atoms with Crippen LogP contribution in [0, 0.1) is 0 Å². The van der Waals surface area contributed by atoms with Crippen molar-refractivity contribution in [2.45, 2.75) is 44.8 Å². The Balaban J connectivity index is 1.71. The Bertz CT molecular complexity index is 765. The van der Waals surface area contributed by atoms with Crippen LogP contribution in [-0.2, 0) is 22.6 Å². The number of carboxylic acid groups (broad SMARTS) is 1. The molecule has 0 saturated heterocycles. The molecule has 0 aliphatic heterocycles. The fourth-order valence-corrected chi connectivity index (χ4v) is 2.84. The average Bonchev–Trinajstić information content (AvgIpc) is 2.71. The average molecular weight is 400 g/mol. The first kappa shape index (κ1) is 22.4. The van der Waals surface area contributed by atoms with Crippen LogP contribution in [0.1, 0.15) is 36.8 Å². The van der Waals surface area contributed by atoms with E-state index in [-0.39, 0.29) is 19.4 Å². The van der Waals surface area contributed by atoms with Gasteiger partial charge in [-0.05, 0) is 42.5 Å². The van der Waals surface area contributed by atoms with Crippen LogP contribution < -0.4 is 10.5 Å². The van der Waals surface area contributed by atoms with Gasteiger partial charge in [-0.1, -0.05) is 42.5 Å². The minimum absolute atomic E-state index is 0.0171. The number of aliphatic carboxylic acids is 1. The SMILES string of the molecule is N[C@@H](Cc1ccc(OCc2ccccc2)cc1)CN(O)C(=O)CCCCC(=O)O. The van der Waals surface area contributed by atoms with Crippen molar-refractivity contribution in [3.63, 3.8) is 0 Å². The summed E-state index contributed by atoms with van der Waals surface area (Å²) >= 11 is 0. The maximum absolute atomic E-state index is 11.9. The van der Waals surface area contributed by atoms with Crippen molar-refractivity contribution in [3.05, 3.63) is 65.7 Å². The van der Waals surface area contributed by atoms with Gasteiger partial charge in [-0.2, -0.15) is 0 Å². The van der Waals surface area contributed by atoms with Crippen LogP contribution >= 0.6 is 0 Å². The maximum Gasteiger partial charge on any atom is 0.303 e. The van der Waals surface area contributed by atoms with Gasteiger partial charge in [0.05, 0.1) is 6.54 Å². The number of rotatable bonds is 12. The van der Waals surface area contributed by atoms with Crippen LogP contribution in [0.3, 0.4) is 0 Å². The number of carbonyl (C=O) groups is 2. The quantitative estimate of drug-likeness (QED) is 0.287. The first-order valence-corrected chi connectivity index (χ1v) is 9.66. The van der Waals surface area contributed by atoms with Crippen molar-refractivity contribution in [1.82, 2.24) is 5.06 Å². The number of unbranched alkanes of at least 4 members (excludes halogenated alkanes) is 1. The third kappa shape index (κ3) is 8.76. The van der Waals surface area contributed by atoms with E-state index in [9.17, 15) is 14.8 Å². The predicted octanol–water partition coefficient (Wildman–Crippen LogP) is 3.00. The van der Waals surface area contributed by atoms with Gasteiger partial charge in [-0.3, -0.25) is 14.8 Å². The maximum atomic E-state index is 11.9. The Morgan fingerprint density at radius 3 is 2.28 bits per heavy atom. The lowest BCUT2D eigenvalue weighted by Gasteiger charge is -2.20. The molecule has 0 saturated carbocycles. The zero-order valence-electron chi connectivity index (χ0n) is 16.4. The number of hydroxylamine groups is 2. The van der Waals surface area contributed by atoms with Gasteiger partial charge >= 0.3 is 5.97 Å². The lowest BCUT2D eigenvalue weighted by atomic mass is 10.1. The van der Waals surface area contributed by atoms with E-state index in [1.165, 1.54) is 0 Å². The highest BCUT2D eigenvalue weighted by atomic mass is 16.5. The van der Waals surface area contributed by atoms with E-state index in [4.69, 9.17) is 15.6 Å². The molecule has 4 N–H and O–H groups in total. The molecule has 0 radical (unpaired) electrons. The van der Waals surface area contributed by atoms with E-state index in [1.807, 2.05) is 54.6 Å². The van der Waals surface area contributed by atoms with E-state index in [0.29, 0.717) is 30.9 Å². The van der Waals surface area contributed by atoms with Gasteiger partial charge < -0.3 is 15.6 Å². The van der Waals surface area contributed by atoms with Crippen molar-refractivity contribution < 1.29 is 24.6 Å². The molecule has 2 rings (SSSR count). The Hall–Kier alpha value is -2.90. The molecule has 0 aromatic heterocycles. The Kier molecular flexibility index (Phi) is 9.14. The molecule has 0 bridgehead atoms. The van der Waals surface area contributed by atoms with E-state index < -0.39 is 17.9 Å². The first-order chi connectivity index (χ1) is 13.9. The largest absolute Gasteiger partial charge is 0.489 e. The highest BCUT2D eigenvalue weighted by molar-refractivity contribution is 5.75. The summed E-state index contributed by atoms with van der Waals surface area (Å²) in [4.78, 5) is 22.3. The summed E-state index contributed by atoms with van der Waals surface area (Å²) in [5, 5.41) is 19.1. The number of nitrogens with zero attached hydrogens (tertiary/aromatic N) is 1. The normalized spacial score (nSPS) is 11.7. The number of nitrogens with two attached hydrogens (primary N) is 1. The molecular formula is C22H28N2O5. The highest BCUT2D eigenvalue weighted by Gasteiger charge is 2.15. The monoisotopic (exact) mass is 400 g/mol. The lowest BCUT2D eigenvalue weighted by molar-refractivity contribution is -0.166. The fraction of sp³-hybridized carbons (Fsp3) is 0.364. The summed E-state index contributed by atoms with van der Waals surface area (Å²) in [6.45, 7) is 0.512. The van der Waals surface area contributed by atoms with Crippen LogP contribution in [0.15, 0.2) is 54.6 Å². The summed E-state index contributed by atoms with van der Waals surface area (Å²) in [5.74, 6) is -0.584. The second-order valence-electron chi connectivity index (χ2n) is 6.96. The zero-order chi connectivity index (χ0) is 21.1. The number of hydrogen-bond acceptors (Lipinski definition) is 5. The third-order valence-electron chi connectivity index (χ3n) is 4.40. The van der Waals surface area contributed by atoms with Crippen molar-refractivity contribution in [2.24, 2.45) is 5.73 Å². The van der Waals surface area contributed by atoms with Gasteiger partial charge in [0.1, 0.15) is 12.4 Å². The van der Waals surface area contributed by atoms with Crippen LogP contribution in [0.2, 0.25) is 0 Å². The topological polar surface area (TPSA) is 113 Å². The third-order valence-corrected chi connectivity index (χ3v) is 4.40. The van der Waals surface area contributed by atoms with E-state index in [1.54, 1.807) is 0 Å². The van der Waals surface area contributed by atoms with Gasteiger partial charge in [0.2, 0.25) is 5.91 Å². The highest BCUT2D eigenvalue weighted by Crippen LogP contribution is 2.15. The Morgan fingerprint density at radius 1 is 0.966 bits per heavy atom. The molecule has 1 atom stereocenters.